The summed E-state index contributed by atoms with van der Waals surface area (Å²) >= 11 is 3.02. The fraction of sp³-hybridized carbons (Fsp3) is 0.625. The van der Waals surface area contributed by atoms with Crippen molar-refractivity contribution in [2.24, 2.45) is 5.92 Å². The summed E-state index contributed by atoms with van der Waals surface area (Å²) in [5.74, 6) is -0.315. The smallest absolute Gasteiger partial charge is 0.147 e. The summed E-state index contributed by atoms with van der Waals surface area (Å²) in [6.45, 7) is 1.08. The average molecular weight is 359 g/mol. The van der Waals surface area contributed by atoms with Crippen molar-refractivity contribution in [3.8, 4) is 0 Å². The summed E-state index contributed by atoms with van der Waals surface area (Å²) in [4.78, 5) is 0. The predicted molar refractivity (Wildman–Crippen MR) is 84.5 cm³/mol. The van der Waals surface area contributed by atoms with E-state index in [0.29, 0.717) is 12.0 Å². The number of halogens is 3. The minimum absolute atomic E-state index is 0.170. The second-order valence-electron chi connectivity index (χ2n) is 6.15. The molecule has 0 amide bonds. The van der Waals surface area contributed by atoms with Gasteiger partial charge in [-0.15, -0.1) is 0 Å². The molecule has 1 aromatic rings. The summed E-state index contributed by atoms with van der Waals surface area (Å²) in [7, 11) is 0. The maximum Gasteiger partial charge on any atom is 0.147 e. The first-order valence-electron chi connectivity index (χ1n) is 7.79. The molecule has 116 valence electrons. The van der Waals surface area contributed by atoms with Crippen molar-refractivity contribution in [1.29, 1.82) is 0 Å². The second-order valence-corrected chi connectivity index (χ2v) is 7.00. The fourth-order valence-electron chi connectivity index (χ4n) is 3.73. The first kappa shape index (κ1) is 15.2. The van der Waals surface area contributed by atoms with Gasteiger partial charge in [0.05, 0.1) is 10.2 Å². The van der Waals surface area contributed by atoms with Crippen molar-refractivity contribution >= 4 is 21.6 Å². The molecule has 1 saturated heterocycles. The highest BCUT2D eigenvalue weighted by atomic mass is 79.9. The molecule has 21 heavy (non-hydrogen) atoms. The van der Waals surface area contributed by atoms with Crippen LogP contribution in [0.2, 0.25) is 0 Å². The molecule has 2 aliphatic rings. The number of hydrogen-bond donors (Lipinski definition) is 2. The number of nitrogens with one attached hydrogen (secondary N) is 2. The van der Waals surface area contributed by atoms with E-state index in [2.05, 4.69) is 26.6 Å². The number of rotatable bonds is 3. The van der Waals surface area contributed by atoms with Gasteiger partial charge in [-0.25, -0.2) is 8.78 Å². The lowest BCUT2D eigenvalue weighted by atomic mass is 9.79. The third kappa shape index (κ3) is 3.39. The third-order valence-electron chi connectivity index (χ3n) is 4.79. The molecule has 1 saturated carbocycles. The van der Waals surface area contributed by atoms with Crippen LogP contribution < -0.4 is 10.6 Å². The largest absolute Gasteiger partial charge is 0.380 e. The minimum Gasteiger partial charge on any atom is -0.380 e. The number of anilines is 1. The predicted octanol–water partition coefficient (Wildman–Crippen LogP) is 4.45. The second kappa shape index (κ2) is 6.61. The van der Waals surface area contributed by atoms with Crippen LogP contribution in [0.5, 0.6) is 0 Å². The van der Waals surface area contributed by atoms with E-state index in [-0.39, 0.29) is 16.2 Å². The molecule has 5 heteroatoms. The Balaban J connectivity index is 1.76. The summed E-state index contributed by atoms with van der Waals surface area (Å²) in [5, 5.41) is 6.83. The Morgan fingerprint density at radius 1 is 1.05 bits per heavy atom. The lowest BCUT2D eigenvalue weighted by Gasteiger charge is -2.37. The van der Waals surface area contributed by atoms with E-state index < -0.39 is 11.6 Å². The van der Waals surface area contributed by atoms with Crippen LogP contribution in [-0.2, 0) is 0 Å². The Labute approximate surface area is 132 Å². The Morgan fingerprint density at radius 2 is 1.86 bits per heavy atom. The van der Waals surface area contributed by atoms with Crippen LogP contribution in [-0.4, -0.2) is 18.6 Å². The Bertz CT molecular complexity index is 503. The molecular weight excluding hydrogens is 338 g/mol. The van der Waals surface area contributed by atoms with Crippen LogP contribution in [0, 0.1) is 17.6 Å². The van der Waals surface area contributed by atoms with Gasteiger partial charge < -0.3 is 10.6 Å². The van der Waals surface area contributed by atoms with E-state index in [1.807, 2.05) is 0 Å². The molecule has 2 N–H and O–H groups in total. The van der Waals surface area contributed by atoms with Crippen LogP contribution in [0.4, 0.5) is 14.5 Å². The molecule has 0 aromatic heterocycles. The van der Waals surface area contributed by atoms with Gasteiger partial charge in [0.1, 0.15) is 11.6 Å². The Hall–Kier alpha value is -0.680. The van der Waals surface area contributed by atoms with Crippen LogP contribution in [0.25, 0.3) is 0 Å². The summed E-state index contributed by atoms with van der Waals surface area (Å²) in [5.41, 5.74) is 0.283. The van der Waals surface area contributed by atoms with Gasteiger partial charge >= 0.3 is 0 Å². The lowest BCUT2D eigenvalue weighted by Crippen LogP contribution is -2.43. The lowest BCUT2D eigenvalue weighted by molar-refractivity contribution is 0.262. The molecule has 1 aliphatic carbocycles. The van der Waals surface area contributed by atoms with Crippen LogP contribution in [0.15, 0.2) is 16.6 Å². The van der Waals surface area contributed by atoms with E-state index in [1.165, 1.54) is 31.4 Å². The third-order valence-corrected chi connectivity index (χ3v) is 5.39. The van der Waals surface area contributed by atoms with Crippen LogP contribution >= 0.6 is 15.9 Å². The van der Waals surface area contributed by atoms with Crippen molar-refractivity contribution < 1.29 is 8.78 Å². The molecule has 0 bridgehead atoms. The molecule has 1 aliphatic heterocycles. The highest BCUT2D eigenvalue weighted by molar-refractivity contribution is 9.10. The van der Waals surface area contributed by atoms with Crippen molar-refractivity contribution in [2.45, 2.75) is 50.6 Å². The average Bonchev–Trinajstić information content (AvgIpc) is 2.99. The molecule has 3 unspecified atom stereocenters. The molecular formula is C16H21BrF2N2. The monoisotopic (exact) mass is 358 g/mol. The quantitative estimate of drug-likeness (QED) is 0.780. The van der Waals surface area contributed by atoms with Crippen molar-refractivity contribution in [2.75, 3.05) is 11.9 Å². The van der Waals surface area contributed by atoms with Gasteiger partial charge in [0.25, 0.3) is 0 Å². The molecule has 0 spiro atoms. The van der Waals surface area contributed by atoms with Gasteiger partial charge in [-0.3, -0.25) is 0 Å². The van der Waals surface area contributed by atoms with E-state index in [4.69, 9.17) is 0 Å². The molecule has 2 fully saturated rings. The van der Waals surface area contributed by atoms with Crippen molar-refractivity contribution in [3.05, 3.63) is 28.2 Å². The summed E-state index contributed by atoms with van der Waals surface area (Å²) < 4.78 is 27.8. The molecule has 2 nitrogen and oxygen atoms in total. The zero-order valence-electron chi connectivity index (χ0n) is 12.0. The Kier molecular flexibility index (Phi) is 4.79. The molecule has 1 heterocycles. The SMILES string of the molecule is Fc1cc(NC2CCCCC2C2CCCN2)c(F)cc1Br. The van der Waals surface area contributed by atoms with Crippen molar-refractivity contribution in [3.63, 3.8) is 0 Å². The Morgan fingerprint density at radius 3 is 2.62 bits per heavy atom. The number of benzene rings is 1. The van der Waals surface area contributed by atoms with Gasteiger partial charge in [-0.1, -0.05) is 12.8 Å². The maximum atomic E-state index is 14.0. The zero-order valence-corrected chi connectivity index (χ0v) is 13.6. The van der Waals surface area contributed by atoms with Crippen LogP contribution in [0.3, 0.4) is 0 Å². The zero-order chi connectivity index (χ0) is 14.8. The van der Waals surface area contributed by atoms with Gasteiger partial charge in [0.2, 0.25) is 0 Å². The normalized spacial score (nSPS) is 29.6. The van der Waals surface area contributed by atoms with E-state index in [9.17, 15) is 8.78 Å². The standard InChI is InChI=1S/C16H21BrF2N2/c17-11-8-13(19)16(9-12(11)18)21-15-5-2-1-4-10(15)14-6-3-7-20-14/h8-10,14-15,20-21H,1-7H2. The molecule has 3 atom stereocenters. The first-order chi connectivity index (χ1) is 10.1. The van der Waals surface area contributed by atoms with E-state index in [0.717, 1.165) is 25.8 Å². The van der Waals surface area contributed by atoms with Crippen LogP contribution in [0.1, 0.15) is 38.5 Å². The van der Waals surface area contributed by atoms with Crippen molar-refractivity contribution in [1.82, 2.24) is 5.32 Å². The van der Waals surface area contributed by atoms with Gasteiger partial charge in [-0.05, 0) is 60.1 Å². The highest BCUT2D eigenvalue weighted by Gasteiger charge is 2.33. The van der Waals surface area contributed by atoms with Gasteiger partial charge in [0, 0.05) is 18.2 Å². The molecule has 1 aromatic carbocycles. The minimum atomic E-state index is -0.426. The number of hydrogen-bond acceptors (Lipinski definition) is 2. The summed E-state index contributed by atoms with van der Waals surface area (Å²) in [6.07, 6.45) is 6.99. The van der Waals surface area contributed by atoms with Gasteiger partial charge in [-0.2, -0.15) is 0 Å². The van der Waals surface area contributed by atoms with E-state index in [1.54, 1.807) is 0 Å². The molecule has 0 radical (unpaired) electrons. The van der Waals surface area contributed by atoms with Gasteiger partial charge in [0.15, 0.2) is 0 Å². The summed E-state index contributed by atoms with van der Waals surface area (Å²) in [6, 6.07) is 3.20. The fourth-order valence-corrected chi connectivity index (χ4v) is 4.05. The topological polar surface area (TPSA) is 24.1 Å². The highest BCUT2D eigenvalue weighted by Crippen LogP contribution is 2.34. The first-order valence-corrected chi connectivity index (χ1v) is 8.59. The molecule has 3 rings (SSSR count). The maximum absolute atomic E-state index is 14.0. The van der Waals surface area contributed by atoms with E-state index >= 15 is 0 Å².